The molecule has 134 valence electrons. The number of rotatable bonds is 2. The number of thiophene rings is 1. The number of halogens is 1. The molecule has 0 saturated heterocycles. The van der Waals surface area contributed by atoms with Gasteiger partial charge in [-0.2, -0.15) is 0 Å². The molecule has 0 aliphatic heterocycles. The van der Waals surface area contributed by atoms with Crippen LogP contribution in [-0.2, 0) is 17.6 Å². The molecule has 26 heavy (non-hydrogen) atoms. The number of benzene rings is 1. The number of pyridine rings is 1. The van der Waals surface area contributed by atoms with Crippen molar-refractivity contribution in [3.63, 3.8) is 0 Å². The van der Waals surface area contributed by atoms with Crippen molar-refractivity contribution in [3.05, 3.63) is 45.4 Å². The molecule has 0 bridgehead atoms. The first-order valence-electron chi connectivity index (χ1n) is 8.68. The number of hydrogen-bond donors (Lipinski definition) is 1. The van der Waals surface area contributed by atoms with Gasteiger partial charge < -0.3 is 10.5 Å². The van der Waals surface area contributed by atoms with Crippen LogP contribution in [0.4, 0.5) is 5.69 Å². The van der Waals surface area contributed by atoms with E-state index in [0.29, 0.717) is 15.6 Å². The van der Waals surface area contributed by atoms with E-state index in [1.165, 1.54) is 30.4 Å². The van der Waals surface area contributed by atoms with E-state index in [2.05, 4.69) is 0 Å². The van der Waals surface area contributed by atoms with Crippen LogP contribution in [-0.4, -0.2) is 18.1 Å². The van der Waals surface area contributed by atoms with Gasteiger partial charge in [0.25, 0.3) is 0 Å². The topological polar surface area (TPSA) is 65.2 Å². The van der Waals surface area contributed by atoms with Crippen molar-refractivity contribution in [3.8, 4) is 11.1 Å². The van der Waals surface area contributed by atoms with E-state index in [1.807, 2.05) is 24.3 Å². The van der Waals surface area contributed by atoms with Crippen molar-refractivity contribution in [2.45, 2.75) is 32.1 Å². The van der Waals surface area contributed by atoms with Crippen molar-refractivity contribution >= 4 is 44.8 Å². The van der Waals surface area contributed by atoms with E-state index in [4.69, 9.17) is 27.1 Å². The fourth-order valence-electron chi connectivity index (χ4n) is 3.66. The van der Waals surface area contributed by atoms with Crippen molar-refractivity contribution in [1.29, 1.82) is 0 Å². The second kappa shape index (κ2) is 6.89. The number of methoxy groups -OCH3 is 1. The molecule has 2 N–H and O–H groups in total. The molecular formula is C20H19ClN2O2S. The molecule has 0 atom stereocenters. The summed E-state index contributed by atoms with van der Waals surface area (Å²) in [4.78, 5) is 18.2. The lowest BCUT2D eigenvalue weighted by Crippen LogP contribution is -2.03. The Hall–Kier alpha value is -2.11. The zero-order chi connectivity index (χ0) is 18.3. The summed E-state index contributed by atoms with van der Waals surface area (Å²) in [7, 11) is 1.37. The molecule has 1 aliphatic carbocycles. The maximum atomic E-state index is 12.1. The number of esters is 1. The van der Waals surface area contributed by atoms with E-state index in [-0.39, 0.29) is 0 Å². The number of nitrogens with zero attached hydrogens (tertiary/aromatic N) is 1. The molecule has 2 aromatic heterocycles. The Bertz CT molecular complexity index is 995. The average Bonchev–Trinajstić information content (AvgIpc) is 2.82. The highest BCUT2D eigenvalue weighted by Crippen LogP contribution is 2.43. The molecule has 0 radical (unpaired) electrons. The molecule has 4 rings (SSSR count). The normalized spacial score (nSPS) is 14.1. The number of hydrogen-bond acceptors (Lipinski definition) is 5. The van der Waals surface area contributed by atoms with Crippen molar-refractivity contribution in [1.82, 2.24) is 4.98 Å². The van der Waals surface area contributed by atoms with Gasteiger partial charge in [0.05, 0.1) is 12.8 Å². The molecule has 6 heteroatoms. The van der Waals surface area contributed by atoms with E-state index in [0.717, 1.165) is 52.7 Å². The fraction of sp³-hybridized carbons (Fsp3) is 0.300. The van der Waals surface area contributed by atoms with E-state index >= 15 is 0 Å². The SMILES string of the molecule is COC(=O)c1sc2nc3c(c(-c4ccc(Cl)cc4)c2c1N)CCCCC3. The third-order valence-corrected chi connectivity index (χ3v) is 6.24. The Kier molecular flexibility index (Phi) is 4.59. The van der Waals surface area contributed by atoms with Gasteiger partial charge in [-0.25, -0.2) is 9.78 Å². The van der Waals surface area contributed by atoms with Crippen LogP contribution in [0.2, 0.25) is 5.02 Å². The molecule has 0 amide bonds. The second-order valence-corrected chi connectivity index (χ2v) is 7.93. The Morgan fingerprint density at radius 3 is 2.65 bits per heavy atom. The van der Waals surface area contributed by atoms with Crippen LogP contribution in [0.3, 0.4) is 0 Å². The highest BCUT2D eigenvalue weighted by Gasteiger charge is 2.25. The number of aromatic nitrogens is 1. The van der Waals surface area contributed by atoms with Gasteiger partial charge in [-0.15, -0.1) is 11.3 Å². The first kappa shape index (κ1) is 17.3. The van der Waals surface area contributed by atoms with Crippen LogP contribution in [0.25, 0.3) is 21.3 Å². The maximum absolute atomic E-state index is 12.1. The number of nitrogens with two attached hydrogens (primary N) is 1. The van der Waals surface area contributed by atoms with E-state index in [1.54, 1.807) is 0 Å². The molecule has 2 heterocycles. The third kappa shape index (κ3) is 2.85. The monoisotopic (exact) mass is 386 g/mol. The van der Waals surface area contributed by atoms with Crippen LogP contribution < -0.4 is 5.73 Å². The summed E-state index contributed by atoms with van der Waals surface area (Å²) in [5.41, 5.74) is 11.4. The number of ether oxygens (including phenoxy) is 1. The standard InChI is InChI=1S/C20H19ClN2O2S/c1-25-20(24)18-17(22)16-15(11-7-9-12(21)10-8-11)13-5-3-2-4-6-14(13)23-19(16)26-18/h7-10H,2-6,22H2,1H3. The van der Waals surface area contributed by atoms with Crippen molar-refractivity contribution in [2.75, 3.05) is 12.8 Å². The van der Waals surface area contributed by atoms with Gasteiger partial charge in [-0.05, 0) is 54.5 Å². The summed E-state index contributed by atoms with van der Waals surface area (Å²) in [6.07, 6.45) is 5.40. The lowest BCUT2D eigenvalue weighted by atomic mass is 9.93. The lowest BCUT2D eigenvalue weighted by molar-refractivity contribution is 0.0607. The molecule has 1 aromatic carbocycles. The molecule has 4 nitrogen and oxygen atoms in total. The Balaban J connectivity index is 2.07. The summed E-state index contributed by atoms with van der Waals surface area (Å²) >= 11 is 7.40. The van der Waals surface area contributed by atoms with Gasteiger partial charge in [0, 0.05) is 16.1 Å². The van der Waals surface area contributed by atoms with Crippen LogP contribution in [0.1, 0.15) is 40.2 Å². The smallest absolute Gasteiger partial charge is 0.350 e. The van der Waals surface area contributed by atoms with Gasteiger partial charge in [0.1, 0.15) is 9.71 Å². The van der Waals surface area contributed by atoms with Crippen LogP contribution in [0.5, 0.6) is 0 Å². The van der Waals surface area contributed by atoms with Crippen molar-refractivity contribution in [2.24, 2.45) is 0 Å². The zero-order valence-electron chi connectivity index (χ0n) is 14.5. The fourth-order valence-corrected chi connectivity index (χ4v) is 4.83. The molecule has 1 aliphatic rings. The van der Waals surface area contributed by atoms with Crippen molar-refractivity contribution < 1.29 is 9.53 Å². The van der Waals surface area contributed by atoms with Crippen LogP contribution in [0.15, 0.2) is 24.3 Å². The number of nitrogen functional groups attached to an aromatic ring is 1. The third-order valence-electron chi connectivity index (χ3n) is 4.91. The number of carbonyl (C=O) groups is 1. The van der Waals surface area contributed by atoms with Gasteiger partial charge in [0.2, 0.25) is 0 Å². The highest BCUT2D eigenvalue weighted by molar-refractivity contribution is 7.21. The molecule has 0 unspecified atom stereocenters. The second-order valence-electron chi connectivity index (χ2n) is 6.50. The molecule has 0 saturated carbocycles. The summed E-state index contributed by atoms with van der Waals surface area (Å²) in [6.45, 7) is 0. The van der Waals surface area contributed by atoms with E-state index in [9.17, 15) is 4.79 Å². The first-order valence-corrected chi connectivity index (χ1v) is 9.87. The number of aryl methyl sites for hydroxylation is 1. The Morgan fingerprint density at radius 2 is 1.92 bits per heavy atom. The zero-order valence-corrected chi connectivity index (χ0v) is 16.0. The maximum Gasteiger partial charge on any atom is 0.350 e. The molecular weight excluding hydrogens is 368 g/mol. The number of fused-ring (bicyclic) bond motifs is 2. The lowest BCUT2D eigenvalue weighted by Gasteiger charge is -2.15. The predicted octanol–water partition coefficient (Wildman–Crippen LogP) is 5.25. The summed E-state index contributed by atoms with van der Waals surface area (Å²) in [5.74, 6) is -0.414. The molecule has 0 spiro atoms. The van der Waals surface area contributed by atoms with Gasteiger partial charge in [-0.3, -0.25) is 0 Å². The quantitative estimate of drug-likeness (QED) is 0.482. The summed E-state index contributed by atoms with van der Waals surface area (Å²) in [6, 6.07) is 7.79. The Labute approximate surface area is 160 Å². The summed E-state index contributed by atoms with van der Waals surface area (Å²) < 4.78 is 4.90. The van der Waals surface area contributed by atoms with Gasteiger partial charge in [-0.1, -0.05) is 30.2 Å². The highest BCUT2D eigenvalue weighted by atomic mass is 35.5. The van der Waals surface area contributed by atoms with Gasteiger partial charge in [0.15, 0.2) is 0 Å². The minimum atomic E-state index is -0.414. The Morgan fingerprint density at radius 1 is 1.19 bits per heavy atom. The molecule has 0 fully saturated rings. The average molecular weight is 387 g/mol. The minimum absolute atomic E-state index is 0.414. The molecule has 3 aromatic rings. The van der Waals surface area contributed by atoms with E-state index < -0.39 is 5.97 Å². The van der Waals surface area contributed by atoms with Crippen LogP contribution >= 0.6 is 22.9 Å². The first-order chi connectivity index (χ1) is 12.6. The number of carbonyl (C=O) groups excluding carboxylic acids is 1. The van der Waals surface area contributed by atoms with Crippen LogP contribution in [0, 0.1) is 0 Å². The largest absolute Gasteiger partial charge is 0.465 e. The minimum Gasteiger partial charge on any atom is -0.465 e. The number of anilines is 1. The predicted molar refractivity (Wildman–Crippen MR) is 107 cm³/mol. The summed E-state index contributed by atoms with van der Waals surface area (Å²) in [5, 5.41) is 1.55. The van der Waals surface area contributed by atoms with Gasteiger partial charge >= 0.3 is 5.97 Å².